The predicted octanol–water partition coefficient (Wildman–Crippen LogP) is 2.54. The highest BCUT2D eigenvalue weighted by molar-refractivity contribution is 7.89. The number of hydrogen-bond donors (Lipinski definition) is 1. The average Bonchev–Trinajstić information content (AvgIpc) is 2.37. The third kappa shape index (κ3) is 2.86. The summed E-state index contributed by atoms with van der Waals surface area (Å²) >= 11 is 5.91. The Hall–Kier alpha value is -0.620. The van der Waals surface area contributed by atoms with E-state index < -0.39 is 10.0 Å². The first kappa shape index (κ1) is 15.8. The van der Waals surface area contributed by atoms with Crippen LogP contribution in [0.3, 0.4) is 0 Å². The summed E-state index contributed by atoms with van der Waals surface area (Å²) in [7, 11) is -3.53. The van der Waals surface area contributed by atoms with Gasteiger partial charge in [0.1, 0.15) is 0 Å². The number of halogens is 1. The Bertz CT molecular complexity index is 589. The molecule has 1 aromatic carbocycles. The maximum atomic E-state index is 12.9. The van der Waals surface area contributed by atoms with Crippen molar-refractivity contribution in [2.75, 3.05) is 6.54 Å². The first-order valence-corrected chi connectivity index (χ1v) is 8.69. The van der Waals surface area contributed by atoms with Gasteiger partial charge in [-0.3, -0.25) is 0 Å². The zero-order valence-electron chi connectivity index (χ0n) is 11.8. The molecule has 1 aromatic rings. The summed E-state index contributed by atoms with van der Waals surface area (Å²) in [6, 6.07) is 4.76. The van der Waals surface area contributed by atoms with Crippen molar-refractivity contribution in [1.82, 2.24) is 4.31 Å². The molecule has 20 heavy (non-hydrogen) atoms. The molecular formula is C14H21ClN2O2S. The van der Waals surface area contributed by atoms with Gasteiger partial charge in [-0.15, -0.1) is 0 Å². The highest BCUT2D eigenvalue weighted by Crippen LogP contribution is 2.31. The Balaban J connectivity index is 2.47. The molecule has 0 aliphatic carbocycles. The van der Waals surface area contributed by atoms with E-state index in [0.717, 1.165) is 19.3 Å². The van der Waals surface area contributed by atoms with E-state index in [2.05, 4.69) is 0 Å². The molecule has 2 unspecified atom stereocenters. The fourth-order valence-corrected chi connectivity index (χ4v) is 5.26. The van der Waals surface area contributed by atoms with Gasteiger partial charge in [0.2, 0.25) is 10.0 Å². The number of nitrogens with zero attached hydrogens (tertiary/aromatic N) is 1. The summed E-state index contributed by atoms with van der Waals surface area (Å²) in [6.45, 7) is 4.08. The molecule has 6 heteroatoms. The lowest BCUT2D eigenvalue weighted by Gasteiger charge is -2.39. The molecule has 0 bridgehead atoms. The van der Waals surface area contributed by atoms with Crippen molar-refractivity contribution in [2.45, 2.75) is 50.1 Å². The summed E-state index contributed by atoms with van der Waals surface area (Å²) in [5, 5.41) is 0.545. The average molecular weight is 317 g/mol. The van der Waals surface area contributed by atoms with Crippen molar-refractivity contribution in [2.24, 2.45) is 5.73 Å². The molecule has 2 N–H and O–H groups in total. The molecule has 2 rings (SSSR count). The zero-order chi connectivity index (χ0) is 14.9. The molecule has 1 fully saturated rings. The van der Waals surface area contributed by atoms with Crippen LogP contribution < -0.4 is 5.73 Å². The fraction of sp³-hybridized carbons (Fsp3) is 0.571. The number of aryl methyl sites for hydroxylation is 1. The first-order valence-electron chi connectivity index (χ1n) is 6.87. The Kier molecular flexibility index (Phi) is 4.74. The topological polar surface area (TPSA) is 63.4 Å². The molecule has 112 valence electrons. The molecule has 1 aliphatic rings. The molecule has 0 radical (unpaired) electrons. The van der Waals surface area contributed by atoms with Gasteiger partial charge in [0.05, 0.1) is 4.90 Å². The van der Waals surface area contributed by atoms with E-state index >= 15 is 0 Å². The lowest BCUT2D eigenvalue weighted by Crippen LogP contribution is -2.51. The van der Waals surface area contributed by atoms with Crippen LogP contribution in [-0.2, 0) is 10.0 Å². The standard InChI is InChI=1S/C14H21ClN2O2S/c1-10-8-12(15)6-7-14(10)20(18,19)17-11(2)4-3-5-13(17)9-16/h6-8,11,13H,3-5,9,16H2,1-2H3. The number of hydrogen-bond acceptors (Lipinski definition) is 3. The number of nitrogens with two attached hydrogens (primary N) is 1. The van der Waals surface area contributed by atoms with Gasteiger partial charge in [0.25, 0.3) is 0 Å². The van der Waals surface area contributed by atoms with Crippen molar-refractivity contribution >= 4 is 21.6 Å². The quantitative estimate of drug-likeness (QED) is 0.932. The van der Waals surface area contributed by atoms with E-state index in [0.29, 0.717) is 22.0 Å². The summed E-state index contributed by atoms with van der Waals surface area (Å²) in [4.78, 5) is 0.328. The van der Waals surface area contributed by atoms with E-state index in [1.807, 2.05) is 6.92 Å². The molecule has 4 nitrogen and oxygen atoms in total. The van der Waals surface area contributed by atoms with Crippen LogP contribution in [0.1, 0.15) is 31.7 Å². The Labute approximate surface area is 126 Å². The Morgan fingerprint density at radius 1 is 1.40 bits per heavy atom. The maximum Gasteiger partial charge on any atom is 0.243 e. The third-order valence-corrected chi connectivity index (χ3v) is 6.38. The minimum Gasteiger partial charge on any atom is -0.329 e. The van der Waals surface area contributed by atoms with E-state index in [9.17, 15) is 8.42 Å². The third-order valence-electron chi connectivity index (χ3n) is 3.92. The molecule has 2 atom stereocenters. The van der Waals surface area contributed by atoms with Crippen molar-refractivity contribution in [3.8, 4) is 0 Å². The van der Waals surface area contributed by atoms with Crippen molar-refractivity contribution < 1.29 is 8.42 Å². The molecule has 0 spiro atoms. The van der Waals surface area contributed by atoms with Crippen LogP contribution in [0.4, 0.5) is 0 Å². The van der Waals surface area contributed by atoms with Gasteiger partial charge in [-0.2, -0.15) is 4.31 Å². The second-order valence-corrected chi connectivity index (χ2v) is 7.66. The van der Waals surface area contributed by atoms with Crippen LogP contribution in [0, 0.1) is 6.92 Å². The maximum absolute atomic E-state index is 12.9. The highest BCUT2D eigenvalue weighted by Gasteiger charge is 2.37. The van der Waals surface area contributed by atoms with Gasteiger partial charge >= 0.3 is 0 Å². The second-order valence-electron chi connectivity index (χ2n) is 5.41. The number of sulfonamides is 1. The first-order chi connectivity index (χ1) is 9.37. The van der Waals surface area contributed by atoms with Gasteiger partial charge in [-0.05, 0) is 50.5 Å². The second kappa shape index (κ2) is 6.02. The van der Waals surface area contributed by atoms with E-state index in [1.54, 1.807) is 29.4 Å². The molecule has 1 saturated heterocycles. The van der Waals surface area contributed by atoms with E-state index in [1.165, 1.54) is 0 Å². The van der Waals surface area contributed by atoms with Crippen LogP contribution in [0.15, 0.2) is 23.1 Å². The number of rotatable bonds is 3. The Morgan fingerprint density at radius 3 is 2.70 bits per heavy atom. The van der Waals surface area contributed by atoms with Crippen molar-refractivity contribution in [1.29, 1.82) is 0 Å². The summed E-state index contributed by atoms with van der Waals surface area (Å²) < 4.78 is 27.4. The van der Waals surface area contributed by atoms with Crippen LogP contribution >= 0.6 is 11.6 Å². The summed E-state index contributed by atoms with van der Waals surface area (Å²) in [6.07, 6.45) is 2.73. The van der Waals surface area contributed by atoms with Gasteiger partial charge in [-0.1, -0.05) is 18.0 Å². The smallest absolute Gasteiger partial charge is 0.243 e. The Morgan fingerprint density at radius 2 is 2.10 bits per heavy atom. The molecular weight excluding hydrogens is 296 g/mol. The van der Waals surface area contributed by atoms with Crippen LogP contribution in [0.25, 0.3) is 0 Å². The number of benzene rings is 1. The molecule has 1 aliphatic heterocycles. The molecule has 0 amide bonds. The molecule has 1 heterocycles. The highest BCUT2D eigenvalue weighted by atomic mass is 35.5. The van der Waals surface area contributed by atoms with E-state index in [4.69, 9.17) is 17.3 Å². The van der Waals surface area contributed by atoms with Gasteiger partial charge in [0, 0.05) is 23.7 Å². The molecule has 0 aromatic heterocycles. The fourth-order valence-electron chi connectivity index (χ4n) is 2.93. The minimum absolute atomic E-state index is 0.0163. The minimum atomic E-state index is -3.53. The van der Waals surface area contributed by atoms with Crippen molar-refractivity contribution in [3.05, 3.63) is 28.8 Å². The normalized spacial score (nSPS) is 24.8. The van der Waals surface area contributed by atoms with Crippen LogP contribution in [-0.4, -0.2) is 31.4 Å². The molecule has 0 saturated carbocycles. The van der Waals surface area contributed by atoms with Gasteiger partial charge in [-0.25, -0.2) is 8.42 Å². The SMILES string of the molecule is Cc1cc(Cl)ccc1S(=O)(=O)N1C(C)CCCC1CN. The lowest BCUT2D eigenvalue weighted by atomic mass is 10.00. The predicted molar refractivity (Wildman–Crippen MR) is 81.4 cm³/mol. The summed E-state index contributed by atoms with van der Waals surface area (Å²) in [5.41, 5.74) is 6.44. The van der Waals surface area contributed by atoms with Crippen LogP contribution in [0.2, 0.25) is 5.02 Å². The van der Waals surface area contributed by atoms with Crippen molar-refractivity contribution in [3.63, 3.8) is 0 Å². The van der Waals surface area contributed by atoms with Gasteiger partial charge in [0.15, 0.2) is 0 Å². The lowest BCUT2D eigenvalue weighted by molar-refractivity contribution is 0.196. The van der Waals surface area contributed by atoms with E-state index in [-0.39, 0.29) is 12.1 Å². The summed E-state index contributed by atoms with van der Waals surface area (Å²) in [5.74, 6) is 0. The number of piperidine rings is 1. The zero-order valence-corrected chi connectivity index (χ0v) is 13.4. The van der Waals surface area contributed by atoms with Crippen LogP contribution in [0.5, 0.6) is 0 Å². The van der Waals surface area contributed by atoms with Gasteiger partial charge < -0.3 is 5.73 Å². The largest absolute Gasteiger partial charge is 0.329 e. The monoisotopic (exact) mass is 316 g/mol.